The Morgan fingerprint density at radius 1 is 1.35 bits per heavy atom. The van der Waals surface area contributed by atoms with Crippen molar-refractivity contribution in [2.75, 3.05) is 11.9 Å². The smallest absolute Gasteiger partial charge is 0.258 e. The molecule has 0 aliphatic carbocycles. The van der Waals surface area contributed by atoms with Gasteiger partial charge in [0, 0.05) is 17.9 Å². The van der Waals surface area contributed by atoms with Crippen LogP contribution in [-0.2, 0) is 10.0 Å². The van der Waals surface area contributed by atoms with E-state index in [1.165, 1.54) is 24.3 Å². The quantitative estimate of drug-likeness (QED) is 0.373. The van der Waals surface area contributed by atoms with Gasteiger partial charge in [0.15, 0.2) is 4.90 Å². The fourth-order valence-electron chi connectivity index (χ4n) is 1.19. The van der Waals surface area contributed by atoms with E-state index in [2.05, 4.69) is 20.7 Å². The van der Waals surface area contributed by atoms with Crippen LogP contribution in [0.5, 0.6) is 0 Å². The Labute approximate surface area is 107 Å². The molecule has 8 heteroatoms. The number of hydrogen-bond acceptors (Lipinski definition) is 4. The molecule has 0 amide bonds. The Balaban J connectivity index is 3.02. The van der Waals surface area contributed by atoms with Crippen molar-refractivity contribution in [2.24, 2.45) is 0 Å². The highest BCUT2D eigenvalue weighted by molar-refractivity contribution is 9.09. The van der Waals surface area contributed by atoms with Crippen LogP contribution < -0.4 is 4.72 Å². The van der Waals surface area contributed by atoms with Gasteiger partial charge >= 0.3 is 0 Å². The average Bonchev–Trinajstić information content (AvgIpc) is 2.29. The lowest BCUT2D eigenvalue weighted by Crippen LogP contribution is -2.25. The molecule has 0 atom stereocenters. The molecule has 1 aromatic carbocycles. The van der Waals surface area contributed by atoms with E-state index in [1.54, 1.807) is 0 Å². The van der Waals surface area contributed by atoms with Crippen LogP contribution in [0.4, 0.5) is 5.69 Å². The number of benzene rings is 1. The summed E-state index contributed by atoms with van der Waals surface area (Å²) in [6, 6.07) is 5.26. The van der Waals surface area contributed by atoms with Crippen LogP contribution in [-0.4, -0.2) is 25.2 Å². The van der Waals surface area contributed by atoms with E-state index < -0.39 is 20.6 Å². The lowest BCUT2D eigenvalue weighted by Gasteiger charge is -2.06. The Bertz CT molecular complexity index is 503. The van der Waals surface area contributed by atoms with Gasteiger partial charge in [-0.3, -0.25) is 10.1 Å². The third kappa shape index (κ3) is 3.76. The molecule has 0 radical (unpaired) electrons. The summed E-state index contributed by atoms with van der Waals surface area (Å²) in [5.74, 6) is 0. The third-order valence-electron chi connectivity index (χ3n) is 1.95. The summed E-state index contributed by atoms with van der Waals surface area (Å²) in [4.78, 5) is 9.69. The van der Waals surface area contributed by atoms with Crippen molar-refractivity contribution in [3.8, 4) is 0 Å². The number of alkyl halides is 1. The molecule has 1 rings (SSSR count). The second-order valence-electron chi connectivity index (χ2n) is 3.17. The number of nitro groups is 1. The molecular weight excluding hydrogens is 312 g/mol. The van der Waals surface area contributed by atoms with E-state index >= 15 is 0 Å². The Morgan fingerprint density at radius 2 is 2.00 bits per heavy atom. The minimum atomic E-state index is -3.82. The third-order valence-corrected chi connectivity index (χ3v) is 4.02. The summed E-state index contributed by atoms with van der Waals surface area (Å²) in [5.41, 5.74) is -0.418. The van der Waals surface area contributed by atoms with Crippen LogP contribution in [0.2, 0.25) is 0 Å². The van der Waals surface area contributed by atoms with Gasteiger partial charge in [-0.05, 0) is 12.5 Å². The maximum atomic E-state index is 11.8. The molecular formula is C9H11BrN2O4S. The number of rotatable bonds is 6. The number of nitrogens with one attached hydrogen (secondary N) is 1. The number of nitro benzene ring substituents is 1. The summed E-state index contributed by atoms with van der Waals surface area (Å²) < 4.78 is 25.9. The first-order chi connectivity index (χ1) is 7.99. The molecule has 0 aliphatic heterocycles. The molecule has 6 nitrogen and oxygen atoms in total. The molecule has 0 aliphatic rings. The first-order valence-electron chi connectivity index (χ1n) is 4.78. The highest BCUT2D eigenvalue weighted by atomic mass is 79.9. The van der Waals surface area contributed by atoms with Gasteiger partial charge in [0.25, 0.3) is 5.69 Å². The van der Waals surface area contributed by atoms with Gasteiger partial charge in [-0.2, -0.15) is 0 Å². The number of hydrogen-bond donors (Lipinski definition) is 1. The van der Waals surface area contributed by atoms with E-state index in [0.29, 0.717) is 11.8 Å². The standard InChI is InChI=1S/C9H11BrN2O4S/c10-6-3-7-11-17(15,16)9-5-2-1-4-8(9)12(13)14/h1-2,4-5,11H,3,6-7H2. The zero-order valence-corrected chi connectivity index (χ0v) is 11.2. The van der Waals surface area contributed by atoms with Gasteiger partial charge in [0.05, 0.1) is 4.92 Å². The zero-order valence-electron chi connectivity index (χ0n) is 8.80. The van der Waals surface area contributed by atoms with Crippen LogP contribution >= 0.6 is 15.9 Å². The van der Waals surface area contributed by atoms with Crippen molar-refractivity contribution >= 4 is 31.6 Å². The predicted octanol–water partition coefficient (Wildman–Crippen LogP) is 1.66. The maximum Gasteiger partial charge on any atom is 0.289 e. The van der Waals surface area contributed by atoms with Crippen molar-refractivity contribution in [3.05, 3.63) is 34.4 Å². The summed E-state index contributed by atoms with van der Waals surface area (Å²) in [6.07, 6.45) is 0.611. The minimum absolute atomic E-state index is 0.236. The van der Waals surface area contributed by atoms with E-state index in [-0.39, 0.29) is 11.4 Å². The van der Waals surface area contributed by atoms with E-state index in [4.69, 9.17) is 0 Å². The average molecular weight is 323 g/mol. The summed E-state index contributed by atoms with van der Waals surface area (Å²) in [7, 11) is -3.82. The summed E-state index contributed by atoms with van der Waals surface area (Å²) in [5, 5.41) is 11.4. The number of nitrogens with zero attached hydrogens (tertiary/aromatic N) is 1. The topological polar surface area (TPSA) is 89.3 Å². The largest absolute Gasteiger partial charge is 0.289 e. The van der Waals surface area contributed by atoms with Crippen molar-refractivity contribution < 1.29 is 13.3 Å². The molecule has 0 spiro atoms. The lowest BCUT2D eigenvalue weighted by atomic mass is 10.3. The predicted molar refractivity (Wildman–Crippen MR) is 66.7 cm³/mol. The van der Waals surface area contributed by atoms with Crippen molar-refractivity contribution in [1.29, 1.82) is 0 Å². The first-order valence-corrected chi connectivity index (χ1v) is 7.38. The molecule has 0 bridgehead atoms. The maximum absolute atomic E-state index is 11.8. The lowest BCUT2D eigenvalue weighted by molar-refractivity contribution is -0.387. The molecule has 0 heterocycles. The van der Waals surface area contributed by atoms with Crippen molar-refractivity contribution in [1.82, 2.24) is 4.72 Å². The second kappa shape index (κ2) is 6.08. The number of para-hydroxylation sites is 1. The summed E-state index contributed by atoms with van der Waals surface area (Å²) in [6.45, 7) is 0.236. The molecule has 0 saturated heterocycles. The molecule has 94 valence electrons. The molecule has 0 saturated carbocycles. The van der Waals surface area contributed by atoms with Gasteiger partial charge in [-0.1, -0.05) is 28.1 Å². The highest BCUT2D eigenvalue weighted by Gasteiger charge is 2.24. The fourth-order valence-corrected chi connectivity index (χ4v) is 2.71. The second-order valence-corrected chi connectivity index (χ2v) is 5.69. The van der Waals surface area contributed by atoms with E-state index in [1.807, 2.05) is 0 Å². The van der Waals surface area contributed by atoms with Crippen LogP contribution in [0.25, 0.3) is 0 Å². The summed E-state index contributed by atoms with van der Waals surface area (Å²) >= 11 is 3.17. The van der Waals surface area contributed by atoms with Gasteiger partial charge in [0.1, 0.15) is 0 Å². The van der Waals surface area contributed by atoms with Gasteiger partial charge in [-0.25, -0.2) is 13.1 Å². The monoisotopic (exact) mass is 322 g/mol. The molecule has 1 N–H and O–H groups in total. The molecule has 1 aromatic rings. The van der Waals surface area contributed by atoms with Crippen LogP contribution in [0.1, 0.15) is 6.42 Å². The number of sulfonamides is 1. The van der Waals surface area contributed by atoms with Gasteiger partial charge < -0.3 is 0 Å². The Morgan fingerprint density at radius 3 is 2.59 bits per heavy atom. The SMILES string of the molecule is O=[N+]([O-])c1ccccc1S(=O)(=O)NCCCBr. The van der Waals surface area contributed by atoms with Crippen LogP contribution in [0.15, 0.2) is 29.2 Å². The van der Waals surface area contributed by atoms with E-state index in [9.17, 15) is 18.5 Å². The zero-order chi connectivity index (χ0) is 12.9. The molecule has 0 fully saturated rings. The molecule has 0 unspecified atom stereocenters. The highest BCUT2D eigenvalue weighted by Crippen LogP contribution is 2.22. The fraction of sp³-hybridized carbons (Fsp3) is 0.333. The van der Waals surface area contributed by atoms with Crippen LogP contribution in [0, 0.1) is 10.1 Å². The first kappa shape index (κ1) is 14.1. The Hall–Kier alpha value is -0.990. The molecule has 17 heavy (non-hydrogen) atoms. The normalized spacial score (nSPS) is 11.4. The van der Waals surface area contributed by atoms with E-state index in [0.717, 1.165) is 0 Å². The van der Waals surface area contributed by atoms with Crippen molar-refractivity contribution in [3.63, 3.8) is 0 Å². The minimum Gasteiger partial charge on any atom is -0.258 e. The van der Waals surface area contributed by atoms with Crippen molar-refractivity contribution in [2.45, 2.75) is 11.3 Å². The van der Waals surface area contributed by atoms with Gasteiger partial charge in [-0.15, -0.1) is 0 Å². The van der Waals surface area contributed by atoms with Gasteiger partial charge in [0.2, 0.25) is 10.0 Å². The Kier molecular flexibility index (Phi) is 5.03. The van der Waals surface area contributed by atoms with Crippen LogP contribution in [0.3, 0.4) is 0 Å². The molecule has 0 aromatic heterocycles. The number of halogens is 1.